The maximum Gasteiger partial charge on any atom is 0.287 e. The van der Waals surface area contributed by atoms with Gasteiger partial charge in [-0.2, -0.15) is 0 Å². The summed E-state index contributed by atoms with van der Waals surface area (Å²) in [5.74, 6) is 0.483. The predicted molar refractivity (Wildman–Crippen MR) is 99.4 cm³/mol. The summed E-state index contributed by atoms with van der Waals surface area (Å²) in [6, 6.07) is 10.7. The van der Waals surface area contributed by atoms with Gasteiger partial charge in [0.2, 0.25) is 5.12 Å². The van der Waals surface area contributed by atoms with Crippen molar-refractivity contribution in [3.63, 3.8) is 0 Å². The van der Waals surface area contributed by atoms with E-state index < -0.39 is 6.04 Å². The van der Waals surface area contributed by atoms with Crippen LogP contribution in [0, 0.1) is 6.92 Å². The van der Waals surface area contributed by atoms with Gasteiger partial charge < -0.3 is 15.2 Å². The molecule has 0 radical (unpaired) electrons. The van der Waals surface area contributed by atoms with E-state index in [1.807, 2.05) is 43.3 Å². The first-order valence-electron chi connectivity index (χ1n) is 8.33. The summed E-state index contributed by atoms with van der Waals surface area (Å²) in [4.78, 5) is 27.2. The van der Waals surface area contributed by atoms with Gasteiger partial charge >= 0.3 is 0 Å². The number of benzene rings is 1. The number of carbonyl (C=O) groups is 2. The van der Waals surface area contributed by atoms with Crippen LogP contribution in [0.4, 0.5) is 4.79 Å². The van der Waals surface area contributed by atoms with E-state index in [9.17, 15) is 14.7 Å². The molecule has 0 spiro atoms. The lowest BCUT2D eigenvalue weighted by Gasteiger charge is -2.17. The topological polar surface area (TPSA) is 88.5 Å². The Bertz CT molecular complexity index is 794. The summed E-state index contributed by atoms with van der Waals surface area (Å²) < 4.78 is 5.79. The number of aryl methyl sites for hydroxylation is 1. The number of nitrogens with zero attached hydrogens (tertiary/aromatic N) is 1. The number of thioether (sulfide) groups is 1. The second kappa shape index (κ2) is 8.33. The Morgan fingerprint density at radius 2 is 2.04 bits per heavy atom. The van der Waals surface area contributed by atoms with Crippen LogP contribution in [0.1, 0.15) is 22.7 Å². The highest BCUT2D eigenvalue weighted by molar-refractivity contribution is 8.26. The van der Waals surface area contributed by atoms with Gasteiger partial charge in [0.1, 0.15) is 11.8 Å². The first-order valence-corrected chi connectivity index (χ1v) is 9.14. The van der Waals surface area contributed by atoms with Gasteiger partial charge in [0.15, 0.2) is 0 Å². The molecule has 3 rings (SSSR count). The van der Waals surface area contributed by atoms with E-state index in [1.165, 1.54) is 0 Å². The third kappa shape index (κ3) is 4.42. The Morgan fingerprint density at radius 3 is 2.65 bits per heavy atom. The summed E-state index contributed by atoms with van der Waals surface area (Å²) in [5.41, 5.74) is 2.80. The zero-order valence-corrected chi connectivity index (χ0v) is 15.2. The molecule has 6 nitrogen and oxygen atoms in total. The fourth-order valence-corrected chi connectivity index (χ4v) is 3.49. The van der Waals surface area contributed by atoms with Gasteiger partial charge in [-0.25, -0.2) is 0 Å². The molecule has 1 aromatic carbocycles. The summed E-state index contributed by atoms with van der Waals surface area (Å²) in [5, 5.41) is 11.9. The smallest absolute Gasteiger partial charge is 0.287 e. The van der Waals surface area contributed by atoms with E-state index in [-0.39, 0.29) is 22.9 Å². The zero-order valence-electron chi connectivity index (χ0n) is 14.3. The van der Waals surface area contributed by atoms with Gasteiger partial charge in [0, 0.05) is 24.4 Å². The summed E-state index contributed by atoms with van der Waals surface area (Å²) >= 11 is 0.721. The van der Waals surface area contributed by atoms with Crippen LogP contribution in [-0.2, 0) is 11.2 Å². The van der Waals surface area contributed by atoms with Gasteiger partial charge in [0.05, 0.1) is 24.8 Å². The minimum Gasteiger partial charge on any atom is -0.493 e. The molecule has 0 aliphatic carbocycles. The second-order valence-electron chi connectivity index (χ2n) is 6.15. The lowest BCUT2D eigenvalue weighted by atomic mass is 10.0. The molecule has 26 heavy (non-hydrogen) atoms. The minimum atomic E-state index is -0.467. The molecule has 2 aromatic rings. The van der Waals surface area contributed by atoms with E-state index in [0.717, 1.165) is 28.6 Å². The van der Waals surface area contributed by atoms with Crippen LogP contribution >= 0.6 is 11.8 Å². The highest BCUT2D eigenvalue weighted by Crippen LogP contribution is 2.22. The third-order valence-electron chi connectivity index (χ3n) is 4.24. The molecule has 136 valence electrons. The Kier molecular flexibility index (Phi) is 5.90. The van der Waals surface area contributed by atoms with E-state index in [2.05, 4.69) is 10.3 Å². The highest BCUT2D eigenvalue weighted by atomic mass is 32.2. The van der Waals surface area contributed by atoms with Crippen LogP contribution in [-0.4, -0.2) is 39.7 Å². The molecule has 1 saturated heterocycles. The van der Waals surface area contributed by atoms with Crippen LogP contribution in [0.15, 0.2) is 42.6 Å². The summed E-state index contributed by atoms with van der Waals surface area (Å²) in [6.07, 6.45) is 2.17. The van der Waals surface area contributed by atoms with Crippen molar-refractivity contribution in [2.24, 2.45) is 0 Å². The normalized spacial score (nSPS) is 17.8. The standard InChI is InChI=1S/C19H20N2O4S/c1-12-3-2-8-20-17(12)14(10-22)11-25-15-6-4-13(5-7-15)9-16-18(23)26-19(24)21-16/h2-8,14,16,22H,9-11H2,1H3,(H,21,24). The maximum absolute atomic E-state index is 11.7. The molecule has 1 aliphatic rings. The molecule has 0 saturated carbocycles. The van der Waals surface area contributed by atoms with Crippen molar-refractivity contribution in [2.45, 2.75) is 25.3 Å². The lowest BCUT2D eigenvalue weighted by Crippen LogP contribution is -2.30. The number of pyridine rings is 1. The monoisotopic (exact) mass is 372 g/mol. The molecule has 0 bridgehead atoms. The zero-order chi connectivity index (χ0) is 18.5. The number of hydrogen-bond donors (Lipinski definition) is 2. The van der Waals surface area contributed by atoms with Crippen molar-refractivity contribution in [2.75, 3.05) is 13.2 Å². The van der Waals surface area contributed by atoms with Crippen LogP contribution < -0.4 is 10.1 Å². The molecule has 1 amide bonds. The number of carbonyl (C=O) groups excluding carboxylic acids is 2. The van der Waals surface area contributed by atoms with Crippen molar-refractivity contribution in [1.82, 2.24) is 10.3 Å². The van der Waals surface area contributed by atoms with Gasteiger partial charge in [-0.05, 0) is 36.2 Å². The molecule has 7 heteroatoms. The number of aromatic nitrogens is 1. The number of rotatable bonds is 7. The average molecular weight is 372 g/mol. The van der Waals surface area contributed by atoms with E-state index in [1.54, 1.807) is 6.20 Å². The maximum atomic E-state index is 11.7. The molecule has 2 N–H and O–H groups in total. The Balaban J connectivity index is 1.58. The van der Waals surface area contributed by atoms with Gasteiger partial charge in [0.25, 0.3) is 5.24 Å². The van der Waals surface area contributed by atoms with Crippen molar-refractivity contribution in [3.8, 4) is 5.75 Å². The first kappa shape index (κ1) is 18.4. The Labute approximate surface area is 156 Å². The number of aliphatic hydroxyl groups excluding tert-OH is 1. The SMILES string of the molecule is Cc1cccnc1C(CO)COc1ccc(CC2NC(=O)SC2=O)cc1. The summed E-state index contributed by atoms with van der Waals surface area (Å²) in [6.45, 7) is 2.24. The lowest BCUT2D eigenvalue weighted by molar-refractivity contribution is -0.112. The molecule has 1 aliphatic heterocycles. The second-order valence-corrected chi connectivity index (χ2v) is 7.13. The molecular weight excluding hydrogens is 352 g/mol. The van der Waals surface area contributed by atoms with Gasteiger partial charge in [-0.1, -0.05) is 18.2 Å². The van der Waals surface area contributed by atoms with Crippen LogP contribution in [0.25, 0.3) is 0 Å². The van der Waals surface area contributed by atoms with Crippen molar-refractivity contribution < 1.29 is 19.4 Å². The number of aliphatic hydroxyl groups is 1. The molecule has 1 fully saturated rings. The van der Waals surface area contributed by atoms with Gasteiger partial charge in [-0.3, -0.25) is 14.6 Å². The number of amides is 1. The third-order valence-corrected chi connectivity index (χ3v) is 5.03. The van der Waals surface area contributed by atoms with Crippen molar-refractivity contribution >= 4 is 22.1 Å². The molecular formula is C19H20N2O4S. The molecule has 1 aromatic heterocycles. The molecule has 2 heterocycles. The van der Waals surface area contributed by atoms with Crippen LogP contribution in [0.5, 0.6) is 5.75 Å². The van der Waals surface area contributed by atoms with Crippen LogP contribution in [0.3, 0.4) is 0 Å². The van der Waals surface area contributed by atoms with Gasteiger partial charge in [-0.15, -0.1) is 0 Å². The number of ether oxygens (including phenoxy) is 1. The van der Waals surface area contributed by atoms with Crippen molar-refractivity contribution in [3.05, 3.63) is 59.4 Å². The van der Waals surface area contributed by atoms with E-state index in [4.69, 9.17) is 4.74 Å². The van der Waals surface area contributed by atoms with E-state index >= 15 is 0 Å². The number of hydrogen-bond acceptors (Lipinski definition) is 6. The minimum absolute atomic E-state index is 0.0446. The first-order chi connectivity index (χ1) is 12.6. The fraction of sp³-hybridized carbons (Fsp3) is 0.316. The largest absolute Gasteiger partial charge is 0.493 e. The van der Waals surface area contributed by atoms with Crippen LogP contribution in [0.2, 0.25) is 0 Å². The predicted octanol–water partition coefficient (Wildman–Crippen LogP) is 2.44. The van der Waals surface area contributed by atoms with Crippen molar-refractivity contribution in [1.29, 1.82) is 0 Å². The molecule has 2 unspecified atom stereocenters. The fourth-order valence-electron chi connectivity index (χ4n) is 2.83. The Hall–Kier alpha value is -2.38. The average Bonchev–Trinajstić information content (AvgIpc) is 2.95. The quantitative estimate of drug-likeness (QED) is 0.776. The summed E-state index contributed by atoms with van der Waals surface area (Å²) in [7, 11) is 0. The molecule has 2 atom stereocenters. The highest BCUT2D eigenvalue weighted by Gasteiger charge is 2.31. The number of nitrogens with one attached hydrogen (secondary N) is 1. The van der Waals surface area contributed by atoms with E-state index in [0.29, 0.717) is 18.8 Å². The Morgan fingerprint density at radius 1 is 1.27 bits per heavy atom.